The SMILES string of the molecule is C1=CC=Cc2cc(-c3ccc4c(c3)oc3cccc(-c5nc(-c6ccc7ccc8ccccc8c7c6)nc(-c6ccc7ccc8ccccc8c7c6)n5)c34)ccc2C=1. The molecule has 1 aliphatic rings. The van der Waals surface area contributed by atoms with Gasteiger partial charge in [-0.15, -0.1) is 5.73 Å². The zero-order valence-corrected chi connectivity index (χ0v) is 31.1. The summed E-state index contributed by atoms with van der Waals surface area (Å²) in [6.07, 6.45) is 8.10. The number of nitrogens with zero attached hydrogens (tertiary/aromatic N) is 3. The van der Waals surface area contributed by atoms with E-state index in [1.54, 1.807) is 0 Å². The largest absolute Gasteiger partial charge is 0.456 e. The van der Waals surface area contributed by atoms with E-state index in [-0.39, 0.29) is 0 Å². The van der Waals surface area contributed by atoms with Crippen LogP contribution in [0.1, 0.15) is 11.1 Å². The molecule has 4 nitrogen and oxygen atoms in total. The van der Waals surface area contributed by atoms with E-state index in [1.165, 1.54) is 32.3 Å². The van der Waals surface area contributed by atoms with E-state index in [2.05, 4.69) is 163 Å². The van der Waals surface area contributed by atoms with Crippen molar-refractivity contribution in [2.45, 2.75) is 0 Å². The molecule has 268 valence electrons. The van der Waals surface area contributed by atoms with Crippen LogP contribution in [0.4, 0.5) is 0 Å². The number of hydrogen-bond acceptors (Lipinski definition) is 4. The average Bonchev–Trinajstić information content (AvgIpc) is 3.50. The Kier molecular flexibility index (Phi) is 7.15. The standard InChI is InChI=1S/C54H31N3O/c1-2-9-33-17-24-39(29-38(33)12-3-1)40-27-28-45-50(32-40)58-49-16-8-15-46(51(45)49)54-56-52(41-25-22-36-20-18-34-10-4-6-13-43(34)47(36)30-41)55-53(57-54)42-26-23-37-21-19-35-11-5-7-14-44(35)48(37)31-42/h1,3-32H. The molecular formula is C54H31N3O. The van der Waals surface area contributed by atoms with Gasteiger partial charge in [-0.3, -0.25) is 0 Å². The van der Waals surface area contributed by atoms with Gasteiger partial charge in [-0.25, -0.2) is 15.0 Å². The Labute approximate surface area is 333 Å². The summed E-state index contributed by atoms with van der Waals surface area (Å²) >= 11 is 0. The number of benzene rings is 9. The first-order valence-corrected chi connectivity index (χ1v) is 19.5. The molecule has 0 saturated heterocycles. The number of rotatable bonds is 4. The Bertz CT molecular complexity index is 3480. The molecule has 0 unspecified atom stereocenters. The highest BCUT2D eigenvalue weighted by molar-refractivity contribution is 6.13. The molecule has 2 aromatic heterocycles. The van der Waals surface area contributed by atoms with Crippen molar-refractivity contribution >= 4 is 77.2 Å². The third-order valence-corrected chi connectivity index (χ3v) is 11.5. The summed E-state index contributed by atoms with van der Waals surface area (Å²) < 4.78 is 6.61. The van der Waals surface area contributed by atoms with Crippen LogP contribution in [0.2, 0.25) is 0 Å². The molecule has 12 rings (SSSR count). The number of fused-ring (bicyclic) bond motifs is 10. The minimum absolute atomic E-state index is 0.590. The molecule has 0 N–H and O–H groups in total. The second-order valence-electron chi connectivity index (χ2n) is 14.9. The molecule has 0 fully saturated rings. The van der Waals surface area contributed by atoms with Crippen LogP contribution < -0.4 is 0 Å². The lowest BCUT2D eigenvalue weighted by Gasteiger charge is -2.11. The van der Waals surface area contributed by atoms with Gasteiger partial charge in [0.2, 0.25) is 0 Å². The summed E-state index contributed by atoms with van der Waals surface area (Å²) in [6.45, 7) is 0. The monoisotopic (exact) mass is 737 g/mol. The van der Waals surface area contributed by atoms with Crippen molar-refractivity contribution in [1.82, 2.24) is 15.0 Å². The lowest BCUT2D eigenvalue weighted by molar-refractivity contribution is 0.669. The maximum atomic E-state index is 6.61. The third kappa shape index (κ3) is 5.28. The molecule has 9 aromatic carbocycles. The fraction of sp³-hybridized carbons (Fsp3) is 0. The highest BCUT2D eigenvalue weighted by atomic mass is 16.3. The Balaban J connectivity index is 1.06. The maximum absolute atomic E-state index is 6.61. The highest BCUT2D eigenvalue weighted by Crippen LogP contribution is 2.39. The van der Waals surface area contributed by atoms with Crippen LogP contribution in [0.5, 0.6) is 0 Å². The Morgan fingerprint density at radius 3 is 1.69 bits per heavy atom. The van der Waals surface area contributed by atoms with Crippen molar-refractivity contribution in [3.05, 3.63) is 193 Å². The van der Waals surface area contributed by atoms with Crippen molar-refractivity contribution in [3.63, 3.8) is 0 Å². The lowest BCUT2D eigenvalue weighted by Crippen LogP contribution is -2.00. The molecule has 11 aromatic rings. The Morgan fingerprint density at radius 2 is 0.983 bits per heavy atom. The molecule has 0 saturated carbocycles. The first-order valence-electron chi connectivity index (χ1n) is 19.5. The van der Waals surface area contributed by atoms with Crippen LogP contribution in [0, 0.1) is 0 Å². The van der Waals surface area contributed by atoms with Crippen LogP contribution >= 0.6 is 0 Å². The molecule has 2 heterocycles. The van der Waals surface area contributed by atoms with Gasteiger partial charge in [0.15, 0.2) is 17.5 Å². The van der Waals surface area contributed by atoms with Crippen LogP contribution in [0.3, 0.4) is 0 Å². The van der Waals surface area contributed by atoms with Crippen LogP contribution in [-0.4, -0.2) is 15.0 Å². The molecule has 0 bridgehead atoms. The highest BCUT2D eigenvalue weighted by Gasteiger charge is 2.19. The quantitative estimate of drug-likeness (QED) is 0.133. The molecule has 1 aliphatic carbocycles. The third-order valence-electron chi connectivity index (χ3n) is 11.5. The summed E-state index contributed by atoms with van der Waals surface area (Å²) in [5.41, 5.74) is 12.1. The van der Waals surface area contributed by atoms with E-state index in [1.807, 2.05) is 30.4 Å². The van der Waals surface area contributed by atoms with Gasteiger partial charge in [-0.1, -0.05) is 140 Å². The van der Waals surface area contributed by atoms with Gasteiger partial charge in [-0.2, -0.15) is 0 Å². The predicted molar refractivity (Wildman–Crippen MR) is 240 cm³/mol. The molecule has 58 heavy (non-hydrogen) atoms. The van der Waals surface area contributed by atoms with Gasteiger partial charge in [0.1, 0.15) is 11.2 Å². The molecule has 0 spiro atoms. The van der Waals surface area contributed by atoms with E-state index < -0.39 is 0 Å². The fourth-order valence-electron chi connectivity index (χ4n) is 8.60. The van der Waals surface area contributed by atoms with Crippen LogP contribution in [0.15, 0.2) is 186 Å². The number of allylic oxidation sites excluding steroid dienone is 2. The van der Waals surface area contributed by atoms with Gasteiger partial charge in [0.05, 0.1) is 0 Å². The van der Waals surface area contributed by atoms with E-state index >= 15 is 0 Å². The summed E-state index contributed by atoms with van der Waals surface area (Å²) in [5, 5.41) is 11.4. The molecule has 0 atom stereocenters. The van der Waals surface area contributed by atoms with E-state index in [0.717, 1.165) is 71.7 Å². The van der Waals surface area contributed by atoms with Gasteiger partial charge >= 0.3 is 0 Å². The zero-order chi connectivity index (χ0) is 38.2. The fourth-order valence-corrected chi connectivity index (χ4v) is 8.60. The topological polar surface area (TPSA) is 51.8 Å². The minimum Gasteiger partial charge on any atom is -0.456 e. The van der Waals surface area contributed by atoms with Crippen molar-refractivity contribution in [2.75, 3.05) is 0 Å². The van der Waals surface area contributed by atoms with Crippen LogP contribution in [-0.2, 0) is 0 Å². The first kappa shape index (κ1) is 32.3. The molecule has 0 aliphatic heterocycles. The van der Waals surface area contributed by atoms with Gasteiger partial charge in [0, 0.05) is 27.5 Å². The van der Waals surface area contributed by atoms with Crippen molar-refractivity contribution in [2.24, 2.45) is 0 Å². The van der Waals surface area contributed by atoms with Crippen LogP contribution in [0.25, 0.3) is 122 Å². The molecule has 4 heteroatoms. The van der Waals surface area contributed by atoms with Gasteiger partial charge in [0.25, 0.3) is 0 Å². The maximum Gasteiger partial charge on any atom is 0.164 e. The van der Waals surface area contributed by atoms with Crippen molar-refractivity contribution in [3.8, 4) is 45.3 Å². The summed E-state index contributed by atoms with van der Waals surface area (Å²) in [5.74, 6) is 1.82. The molecule has 0 radical (unpaired) electrons. The van der Waals surface area contributed by atoms with E-state index in [0.29, 0.717) is 17.5 Å². The van der Waals surface area contributed by atoms with E-state index in [9.17, 15) is 0 Å². The lowest BCUT2D eigenvalue weighted by atomic mass is 9.97. The normalized spacial score (nSPS) is 12.3. The summed E-state index contributed by atoms with van der Waals surface area (Å²) in [6, 6.07) is 57.9. The Hall–Kier alpha value is -7.91. The minimum atomic E-state index is 0.590. The summed E-state index contributed by atoms with van der Waals surface area (Å²) in [7, 11) is 0. The van der Waals surface area contributed by atoms with Crippen molar-refractivity contribution < 1.29 is 4.42 Å². The zero-order valence-electron chi connectivity index (χ0n) is 31.1. The second-order valence-corrected chi connectivity index (χ2v) is 14.9. The number of hydrogen-bond donors (Lipinski definition) is 0. The molecular weight excluding hydrogens is 707 g/mol. The smallest absolute Gasteiger partial charge is 0.164 e. The van der Waals surface area contributed by atoms with Crippen molar-refractivity contribution in [1.29, 1.82) is 0 Å². The van der Waals surface area contributed by atoms with Gasteiger partial charge in [-0.05, 0) is 114 Å². The Morgan fingerprint density at radius 1 is 0.397 bits per heavy atom. The van der Waals surface area contributed by atoms with Gasteiger partial charge < -0.3 is 4.42 Å². The average molecular weight is 738 g/mol. The van der Waals surface area contributed by atoms with E-state index in [4.69, 9.17) is 19.4 Å². The molecule has 0 amide bonds. The second kappa shape index (κ2) is 12.8. The summed E-state index contributed by atoms with van der Waals surface area (Å²) in [4.78, 5) is 15.8. The first-order chi connectivity index (χ1) is 28.7. The number of aromatic nitrogens is 3. The predicted octanol–water partition coefficient (Wildman–Crippen LogP) is 14.2. The number of furan rings is 1.